The quantitative estimate of drug-likeness (QED) is 0.700. The Morgan fingerprint density at radius 3 is 2.47 bits per heavy atom. The van der Waals surface area contributed by atoms with Crippen molar-refractivity contribution in [2.45, 2.75) is 38.8 Å². The molecule has 0 aliphatic carbocycles. The molecule has 0 bridgehead atoms. The van der Waals surface area contributed by atoms with E-state index in [2.05, 4.69) is 5.32 Å². The van der Waals surface area contributed by atoms with Crippen molar-refractivity contribution >= 4 is 12.0 Å². The Bertz CT molecular complexity index is 258. The van der Waals surface area contributed by atoms with Crippen LogP contribution < -0.4 is 5.32 Å². The Morgan fingerprint density at radius 1 is 1.47 bits per heavy atom. The van der Waals surface area contributed by atoms with Gasteiger partial charge in [-0.15, -0.1) is 0 Å². The minimum absolute atomic E-state index is 0.0758. The van der Waals surface area contributed by atoms with Gasteiger partial charge in [-0.05, 0) is 13.3 Å². The first-order chi connectivity index (χ1) is 7.93. The summed E-state index contributed by atoms with van der Waals surface area (Å²) in [6.45, 7) is 4.17. The molecule has 0 heterocycles. The van der Waals surface area contributed by atoms with E-state index in [1.807, 2.05) is 13.8 Å². The van der Waals surface area contributed by atoms with Crippen LogP contribution in [0.25, 0.3) is 0 Å². The second-order valence-corrected chi connectivity index (χ2v) is 3.99. The van der Waals surface area contributed by atoms with Gasteiger partial charge in [-0.3, -0.25) is 0 Å². The van der Waals surface area contributed by atoms with E-state index in [9.17, 15) is 9.59 Å². The topological polar surface area (TPSA) is 78.9 Å². The zero-order valence-corrected chi connectivity index (χ0v) is 10.9. The normalized spacial score (nSPS) is 13.9. The van der Waals surface area contributed by atoms with E-state index >= 15 is 0 Å². The Kier molecular flexibility index (Phi) is 7.29. The number of hydrogen-bond donors (Lipinski definition) is 2. The fourth-order valence-electron chi connectivity index (χ4n) is 1.22. The summed E-state index contributed by atoms with van der Waals surface area (Å²) in [5.74, 6) is -1.05. The average Bonchev–Trinajstić information content (AvgIpc) is 2.31. The van der Waals surface area contributed by atoms with Gasteiger partial charge in [0.05, 0.1) is 0 Å². The molecule has 17 heavy (non-hydrogen) atoms. The smallest absolute Gasteiger partial charge is 0.326 e. The summed E-state index contributed by atoms with van der Waals surface area (Å²) in [5.41, 5.74) is 0. The van der Waals surface area contributed by atoms with Crippen LogP contribution in [0.1, 0.15) is 26.7 Å². The van der Waals surface area contributed by atoms with Crippen LogP contribution in [-0.2, 0) is 9.53 Å². The number of hydrogen-bond acceptors (Lipinski definition) is 3. The summed E-state index contributed by atoms with van der Waals surface area (Å²) < 4.78 is 4.80. The van der Waals surface area contributed by atoms with Crippen LogP contribution in [0.4, 0.5) is 4.79 Å². The van der Waals surface area contributed by atoms with Crippen molar-refractivity contribution in [2.75, 3.05) is 20.8 Å². The first kappa shape index (κ1) is 15.7. The van der Waals surface area contributed by atoms with Crippen molar-refractivity contribution in [3.63, 3.8) is 0 Å². The summed E-state index contributed by atoms with van der Waals surface area (Å²) in [4.78, 5) is 24.1. The molecule has 2 amide bonds. The van der Waals surface area contributed by atoms with E-state index < -0.39 is 12.0 Å². The average molecular weight is 246 g/mol. The largest absolute Gasteiger partial charge is 0.480 e. The third kappa shape index (κ3) is 5.53. The number of nitrogens with one attached hydrogen (secondary N) is 1. The lowest BCUT2D eigenvalue weighted by molar-refractivity contribution is -0.139. The van der Waals surface area contributed by atoms with E-state index in [0.29, 0.717) is 6.61 Å². The summed E-state index contributed by atoms with van der Waals surface area (Å²) in [6.07, 6.45) is 1.08. The van der Waals surface area contributed by atoms with Gasteiger partial charge in [-0.2, -0.15) is 0 Å². The molecule has 2 unspecified atom stereocenters. The van der Waals surface area contributed by atoms with E-state index in [-0.39, 0.29) is 18.5 Å². The van der Waals surface area contributed by atoms with E-state index in [4.69, 9.17) is 9.84 Å². The molecule has 0 saturated carbocycles. The molecule has 0 spiro atoms. The number of carbonyl (C=O) groups excluding carboxylic acids is 1. The number of aliphatic carboxylic acids is 1. The van der Waals surface area contributed by atoms with Crippen LogP contribution in [0.2, 0.25) is 0 Å². The predicted molar refractivity (Wildman–Crippen MR) is 64.0 cm³/mol. The van der Waals surface area contributed by atoms with E-state index in [1.165, 1.54) is 12.0 Å². The van der Waals surface area contributed by atoms with Crippen LogP contribution in [0.15, 0.2) is 0 Å². The molecule has 100 valence electrons. The van der Waals surface area contributed by atoms with Crippen LogP contribution >= 0.6 is 0 Å². The van der Waals surface area contributed by atoms with Crippen LogP contribution in [0, 0.1) is 0 Å². The second kappa shape index (κ2) is 7.89. The molecule has 0 saturated heterocycles. The number of urea groups is 1. The van der Waals surface area contributed by atoms with Gasteiger partial charge >= 0.3 is 12.0 Å². The Balaban J connectivity index is 4.34. The van der Waals surface area contributed by atoms with Gasteiger partial charge in [0.1, 0.15) is 6.04 Å². The lowest BCUT2D eigenvalue weighted by Gasteiger charge is -2.26. The summed E-state index contributed by atoms with van der Waals surface area (Å²) in [7, 11) is 3.14. The van der Waals surface area contributed by atoms with Crippen LogP contribution in [0.3, 0.4) is 0 Å². The maximum atomic E-state index is 11.7. The molecule has 0 rings (SSSR count). The van der Waals surface area contributed by atoms with Crippen molar-refractivity contribution in [3.8, 4) is 0 Å². The van der Waals surface area contributed by atoms with Crippen LogP contribution in [-0.4, -0.2) is 54.9 Å². The summed E-state index contributed by atoms with van der Waals surface area (Å²) in [5, 5.41) is 11.4. The standard InChI is InChI=1S/C11H22N2O4/c1-5-8(2)13(3)11(16)12-9(10(14)15)6-7-17-4/h8-9H,5-7H2,1-4H3,(H,12,16)(H,14,15). The molecule has 0 radical (unpaired) electrons. The Hall–Kier alpha value is -1.30. The van der Waals surface area contributed by atoms with Crippen molar-refractivity contribution < 1.29 is 19.4 Å². The maximum Gasteiger partial charge on any atom is 0.326 e. The zero-order valence-electron chi connectivity index (χ0n) is 10.9. The van der Waals surface area contributed by atoms with Crippen LogP contribution in [0.5, 0.6) is 0 Å². The second-order valence-electron chi connectivity index (χ2n) is 3.99. The van der Waals surface area contributed by atoms with Crippen molar-refractivity contribution in [2.24, 2.45) is 0 Å². The fourth-order valence-corrected chi connectivity index (χ4v) is 1.22. The summed E-state index contributed by atoms with van der Waals surface area (Å²) in [6, 6.07) is -1.20. The van der Waals surface area contributed by atoms with Crippen molar-refractivity contribution in [3.05, 3.63) is 0 Å². The monoisotopic (exact) mass is 246 g/mol. The summed E-state index contributed by atoms with van der Waals surface area (Å²) >= 11 is 0. The molecule has 0 fully saturated rings. The lowest BCUT2D eigenvalue weighted by atomic mass is 10.2. The highest BCUT2D eigenvalue weighted by Crippen LogP contribution is 2.02. The number of nitrogens with zero attached hydrogens (tertiary/aromatic N) is 1. The number of carboxylic acid groups (broad SMARTS) is 1. The number of ether oxygens (including phenoxy) is 1. The SMILES string of the molecule is CCC(C)N(C)C(=O)NC(CCOC)C(=O)O. The molecule has 0 aromatic carbocycles. The maximum absolute atomic E-state index is 11.7. The first-order valence-electron chi connectivity index (χ1n) is 5.69. The van der Waals surface area contributed by atoms with Gasteiger partial charge in [0.2, 0.25) is 0 Å². The van der Waals surface area contributed by atoms with E-state index in [0.717, 1.165) is 6.42 Å². The molecule has 0 aromatic heterocycles. The molecule has 2 atom stereocenters. The highest BCUT2D eigenvalue weighted by Gasteiger charge is 2.22. The van der Waals surface area contributed by atoms with Crippen molar-refractivity contribution in [1.29, 1.82) is 0 Å². The van der Waals surface area contributed by atoms with E-state index in [1.54, 1.807) is 7.05 Å². The predicted octanol–water partition coefficient (Wildman–Crippen LogP) is 0.916. The minimum Gasteiger partial charge on any atom is -0.480 e. The Labute approximate surface area is 102 Å². The third-order valence-electron chi connectivity index (χ3n) is 2.78. The van der Waals surface area contributed by atoms with Gasteiger partial charge in [-0.25, -0.2) is 9.59 Å². The van der Waals surface area contributed by atoms with Gasteiger partial charge in [-0.1, -0.05) is 6.92 Å². The molecule has 6 heteroatoms. The molecule has 0 aromatic rings. The van der Waals surface area contributed by atoms with Gasteiger partial charge in [0.25, 0.3) is 0 Å². The van der Waals surface area contributed by atoms with Gasteiger partial charge in [0, 0.05) is 33.2 Å². The molecule has 0 aliphatic rings. The molecule has 2 N–H and O–H groups in total. The molecule has 0 aliphatic heterocycles. The number of methoxy groups -OCH3 is 1. The number of carboxylic acids is 1. The third-order valence-corrected chi connectivity index (χ3v) is 2.78. The van der Waals surface area contributed by atoms with Gasteiger partial charge in [0.15, 0.2) is 0 Å². The van der Waals surface area contributed by atoms with Crippen molar-refractivity contribution in [1.82, 2.24) is 10.2 Å². The fraction of sp³-hybridized carbons (Fsp3) is 0.818. The molecular formula is C11H22N2O4. The first-order valence-corrected chi connectivity index (χ1v) is 5.69. The number of rotatable bonds is 7. The number of amides is 2. The number of carbonyl (C=O) groups is 2. The minimum atomic E-state index is -1.05. The Morgan fingerprint density at radius 2 is 2.06 bits per heavy atom. The highest BCUT2D eigenvalue weighted by atomic mass is 16.5. The zero-order chi connectivity index (χ0) is 13.4. The van der Waals surface area contributed by atoms with Gasteiger partial charge < -0.3 is 20.1 Å². The lowest BCUT2D eigenvalue weighted by Crippen LogP contribution is -2.49. The molecular weight excluding hydrogens is 224 g/mol. The highest BCUT2D eigenvalue weighted by molar-refractivity contribution is 5.82. The molecule has 6 nitrogen and oxygen atoms in total.